The largest absolute Gasteiger partial charge is 0.330 e. The summed E-state index contributed by atoms with van der Waals surface area (Å²) in [7, 11) is 0. The number of rotatable bonds is 2. The highest BCUT2D eigenvalue weighted by molar-refractivity contribution is 5.25. The molecular weight excluding hydrogens is 160 g/mol. The van der Waals surface area contributed by atoms with Crippen molar-refractivity contribution in [2.24, 2.45) is 17.1 Å². The van der Waals surface area contributed by atoms with Gasteiger partial charge in [0.25, 0.3) is 0 Å². The summed E-state index contributed by atoms with van der Waals surface area (Å²) < 4.78 is 0. The molecule has 0 spiro atoms. The van der Waals surface area contributed by atoms with Crippen LogP contribution in [0.5, 0.6) is 0 Å². The quantitative estimate of drug-likeness (QED) is 0.746. The van der Waals surface area contributed by atoms with Crippen LogP contribution in [-0.2, 0) is 0 Å². The zero-order valence-corrected chi connectivity index (χ0v) is 8.20. The van der Waals surface area contributed by atoms with E-state index in [2.05, 4.69) is 24.9 Å². The molecule has 0 aliphatic heterocycles. The normalized spacial score (nSPS) is 30.1. The Labute approximate surface area is 79.2 Å². The number of pyridine rings is 1. The SMILES string of the molecule is CC1(C)[C@H](CN)[C@H]1c1ccccn1. The fraction of sp³-hybridized carbons (Fsp3) is 0.545. The van der Waals surface area contributed by atoms with E-state index in [-0.39, 0.29) is 0 Å². The first-order valence-corrected chi connectivity index (χ1v) is 4.79. The molecule has 1 aromatic heterocycles. The topological polar surface area (TPSA) is 38.9 Å². The van der Waals surface area contributed by atoms with Crippen molar-refractivity contribution < 1.29 is 0 Å². The second-order valence-electron chi connectivity index (χ2n) is 4.40. The van der Waals surface area contributed by atoms with Gasteiger partial charge in [-0.05, 0) is 30.0 Å². The maximum absolute atomic E-state index is 5.71. The molecule has 0 bridgehead atoms. The minimum Gasteiger partial charge on any atom is -0.330 e. The second-order valence-corrected chi connectivity index (χ2v) is 4.40. The zero-order valence-electron chi connectivity index (χ0n) is 8.20. The van der Waals surface area contributed by atoms with Crippen LogP contribution in [0.15, 0.2) is 24.4 Å². The molecule has 0 saturated heterocycles. The fourth-order valence-electron chi connectivity index (χ4n) is 2.33. The molecule has 70 valence electrons. The molecule has 1 aromatic rings. The number of nitrogens with zero attached hydrogens (tertiary/aromatic N) is 1. The van der Waals surface area contributed by atoms with E-state index in [1.165, 1.54) is 5.69 Å². The lowest BCUT2D eigenvalue weighted by atomic mass is 10.1. The summed E-state index contributed by atoms with van der Waals surface area (Å²) in [5.74, 6) is 1.18. The third-order valence-corrected chi connectivity index (χ3v) is 3.31. The molecule has 2 atom stereocenters. The Bertz CT molecular complexity index is 292. The van der Waals surface area contributed by atoms with Gasteiger partial charge >= 0.3 is 0 Å². The second kappa shape index (κ2) is 2.81. The summed E-state index contributed by atoms with van der Waals surface area (Å²) in [6.45, 7) is 5.31. The van der Waals surface area contributed by atoms with Gasteiger partial charge < -0.3 is 5.73 Å². The summed E-state index contributed by atoms with van der Waals surface area (Å²) in [6.07, 6.45) is 1.86. The Kier molecular flexibility index (Phi) is 1.88. The minimum atomic E-state index is 0.350. The van der Waals surface area contributed by atoms with E-state index >= 15 is 0 Å². The molecule has 0 aromatic carbocycles. The molecule has 0 radical (unpaired) electrons. The molecule has 13 heavy (non-hydrogen) atoms. The molecule has 1 aliphatic rings. The van der Waals surface area contributed by atoms with E-state index < -0.39 is 0 Å². The average molecular weight is 176 g/mol. The van der Waals surface area contributed by atoms with Gasteiger partial charge in [-0.15, -0.1) is 0 Å². The third-order valence-electron chi connectivity index (χ3n) is 3.31. The van der Waals surface area contributed by atoms with E-state index in [4.69, 9.17) is 5.73 Å². The minimum absolute atomic E-state index is 0.350. The first-order valence-electron chi connectivity index (χ1n) is 4.79. The van der Waals surface area contributed by atoms with Crippen molar-refractivity contribution in [3.8, 4) is 0 Å². The van der Waals surface area contributed by atoms with Crippen LogP contribution in [0.4, 0.5) is 0 Å². The monoisotopic (exact) mass is 176 g/mol. The molecule has 2 rings (SSSR count). The van der Waals surface area contributed by atoms with Crippen molar-refractivity contribution in [3.05, 3.63) is 30.1 Å². The Balaban J connectivity index is 2.22. The van der Waals surface area contributed by atoms with E-state index in [0.717, 1.165) is 6.54 Å². The number of nitrogens with two attached hydrogens (primary N) is 1. The zero-order chi connectivity index (χ0) is 9.47. The molecule has 2 heteroatoms. The van der Waals surface area contributed by atoms with Gasteiger partial charge in [0.05, 0.1) is 0 Å². The molecule has 1 fully saturated rings. The van der Waals surface area contributed by atoms with Gasteiger partial charge in [0.1, 0.15) is 0 Å². The van der Waals surface area contributed by atoms with Crippen LogP contribution in [0, 0.1) is 11.3 Å². The van der Waals surface area contributed by atoms with Crippen LogP contribution in [-0.4, -0.2) is 11.5 Å². The lowest BCUT2D eigenvalue weighted by Crippen LogP contribution is -2.05. The van der Waals surface area contributed by atoms with Gasteiger partial charge in [0.15, 0.2) is 0 Å². The van der Waals surface area contributed by atoms with Gasteiger partial charge in [-0.2, -0.15) is 0 Å². The number of aromatic nitrogens is 1. The smallest absolute Gasteiger partial charge is 0.0443 e. The summed E-state index contributed by atoms with van der Waals surface area (Å²) in [4.78, 5) is 4.38. The summed E-state index contributed by atoms with van der Waals surface area (Å²) in [5, 5.41) is 0. The molecule has 1 heterocycles. The third kappa shape index (κ3) is 1.25. The standard InChI is InChI=1S/C11H16N2/c1-11(2)8(7-12)10(11)9-5-3-4-6-13-9/h3-6,8,10H,7,12H2,1-2H3/t8-,10+/m1/s1. The molecule has 1 saturated carbocycles. The first kappa shape index (κ1) is 8.70. The fourth-order valence-corrected chi connectivity index (χ4v) is 2.33. The van der Waals surface area contributed by atoms with E-state index in [1.807, 2.05) is 18.3 Å². The van der Waals surface area contributed by atoms with Crippen molar-refractivity contribution in [2.45, 2.75) is 19.8 Å². The van der Waals surface area contributed by atoms with Gasteiger partial charge in [0.2, 0.25) is 0 Å². The first-order chi connectivity index (χ1) is 6.18. The maximum Gasteiger partial charge on any atom is 0.0443 e. The van der Waals surface area contributed by atoms with Gasteiger partial charge in [-0.1, -0.05) is 19.9 Å². The molecule has 2 nitrogen and oxygen atoms in total. The van der Waals surface area contributed by atoms with Crippen LogP contribution in [0.1, 0.15) is 25.5 Å². The van der Waals surface area contributed by atoms with Gasteiger partial charge in [-0.25, -0.2) is 0 Å². The van der Waals surface area contributed by atoms with Crippen LogP contribution in [0.25, 0.3) is 0 Å². The molecular formula is C11H16N2. The molecule has 2 N–H and O–H groups in total. The predicted octanol–water partition coefficient (Wildman–Crippen LogP) is 1.78. The lowest BCUT2D eigenvalue weighted by Gasteiger charge is -2.00. The van der Waals surface area contributed by atoms with Crippen molar-refractivity contribution in [2.75, 3.05) is 6.54 Å². The Morgan fingerprint density at radius 3 is 2.69 bits per heavy atom. The summed E-state index contributed by atoms with van der Waals surface area (Å²) in [5.41, 5.74) is 7.26. The Hall–Kier alpha value is -0.890. The Morgan fingerprint density at radius 2 is 2.23 bits per heavy atom. The van der Waals surface area contributed by atoms with E-state index in [1.54, 1.807) is 0 Å². The average Bonchev–Trinajstić information content (AvgIpc) is 2.69. The predicted molar refractivity (Wildman–Crippen MR) is 53.3 cm³/mol. The number of hydrogen-bond acceptors (Lipinski definition) is 2. The van der Waals surface area contributed by atoms with Crippen LogP contribution < -0.4 is 5.73 Å². The molecule has 1 aliphatic carbocycles. The highest BCUT2D eigenvalue weighted by Gasteiger charge is 2.57. The van der Waals surface area contributed by atoms with Crippen molar-refractivity contribution >= 4 is 0 Å². The van der Waals surface area contributed by atoms with E-state index in [0.29, 0.717) is 17.3 Å². The summed E-state index contributed by atoms with van der Waals surface area (Å²) >= 11 is 0. The van der Waals surface area contributed by atoms with Crippen molar-refractivity contribution in [3.63, 3.8) is 0 Å². The van der Waals surface area contributed by atoms with Gasteiger partial charge in [-0.3, -0.25) is 4.98 Å². The summed E-state index contributed by atoms with van der Waals surface area (Å²) in [6, 6.07) is 6.10. The molecule has 0 amide bonds. The van der Waals surface area contributed by atoms with Crippen LogP contribution in [0.3, 0.4) is 0 Å². The van der Waals surface area contributed by atoms with Crippen LogP contribution in [0.2, 0.25) is 0 Å². The highest BCUT2D eigenvalue weighted by Crippen LogP contribution is 2.63. The van der Waals surface area contributed by atoms with E-state index in [9.17, 15) is 0 Å². The van der Waals surface area contributed by atoms with Gasteiger partial charge in [0, 0.05) is 17.8 Å². The van der Waals surface area contributed by atoms with Crippen molar-refractivity contribution in [1.82, 2.24) is 4.98 Å². The molecule has 0 unspecified atom stereocenters. The van der Waals surface area contributed by atoms with Crippen LogP contribution >= 0.6 is 0 Å². The number of hydrogen-bond donors (Lipinski definition) is 1. The lowest BCUT2D eigenvalue weighted by molar-refractivity contribution is 0.557. The van der Waals surface area contributed by atoms with Crippen molar-refractivity contribution in [1.29, 1.82) is 0 Å². The Morgan fingerprint density at radius 1 is 1.46 bits per heavy atom. The highest BCUT2D eigenvalue weighted by atomic mass is 14.8. The maximum atomic E-state index is 5.71.